The minimum Gasteiger partial charge on any atom is -0.481 e. The third-order valence-corrected chi connectivity index (χ3v) is 5.13. The second-order valence-corrected chi connectivity index (χ2v) is 9.01. The van der Waals surface area contributed by atoms with Crippen LogP contribution in [0.1, 0.15) is 62.2 Å². The Balaban J connectivity index is 0. The quantitative estimate of drug-likeness (QED) is 0.0939. The van der Waals surface area contributed by atoms with Crippen molar-refractivity contribution < 1.29 is 87.0 Å². The standard InChI is InChI=1S/C10H8.C9H8O3.2C7H5O2.2C2H4O2.Y/c1-2-6-10-8-4-3-7-9(10)5-1;1-6(10)7-2-4-8(5-3-7)9(11)12;2*8-7(9)6-4-2-1-3-5-6;2*1-2(3)4;/h1-8H;2-5H,1H3,(H,11,12);2*2-5H,(H,8,9);2*1H3,(H,3,4);/q;;2*-1;;;. The van der Waals surface area contributed by atoms with Crippen LogP contribution in [-0.2, 0) is 42.3 Å². The second-order valence-electron chi connectivity index (χ2n) is 9.01. The van der Waals surface area contributed by atoms with Gasteiger partial charge in [0, 0.05) is 52.1 Å². The predicted molar refractivity (Wildman–Crippen MR) is 178 cm³/mol. The molecule has 0 saturated heterocycles. The van der Waals surface area contributed by atoms with Gasteiger partial charge in [-0.25, -0.2) is 14.4 Å². The molecule has 49 heavy (non-hydrogen) atoms. The van der Waals surface area contributed by atoms with Crippen molar-refractivity contribution in [3.05, 3.63) is 156 Å². The van der Waals surface area contributed by atoms with Crippen molar-refractivity contribution in [2.45, 2.75) is 20.8 Å². The molecule has 5 aromatic carbocycles. The van der Waals surface area contributed by atoms with Crippen molar-refractivity contribution in [1.29, 1.82) is 0 Å². The summed E-state index contributed by atoms with van der Waals surface area (Å²) in [6.07, 6.45) is 0. The van der Waals surface area contributed by atoms with Crippen LogP contribution in [0.5, 0.6) is 0 Å². The second kappa shape index (κ2) is 26.5. The number of aliphatic carboxylic acids is 2. The summed E-state index contributed by atoms with van der Waals surface area (Å²) in [4.78, 5) is 59.6. The van der Waals surface area contributed by atoms with E-state index >= 15 is 0 Å². The Morgan fingerprint density at radius 3 is 0.837 bits per heavy atom. The summed E-state index contributed by atoms with van der Waals surface area (Å²) in [6.45, 7) is 3.61. The number of fused-ring (bicyclic) bond motifs is 1. The average molecular weight is 744 g/mol. The van der Waals surface area contributed by atoms with E-state index in [1.807, 2.05) is 0 Å². The summed E-state index contributed by atoms with van der Waals surface area (Å²) >= 11 is 0. The number of carbonyl (C=O) groups excluding carboxylic acids is 1. The van der Waals surface area contributed by atoms with Gasteiger partial charge in [0.05, 0.1) is 5.56 Å². The van der Waals surface area contributed by atoms with Gasteiger partial charge in [0.2, 0.25) is 0 Å². The SMILES string of the molecule is CC(=O)O.CC(=O)O.CC(=O)c1ccc(C(=O)O)cc1.O=C(O)c1cc[c-]cc1.O=C(O)c1cc[c-]cc1.[Y].c1ccc2ccccc2c1. The Morgan fingerprint density at radius 2 is 0.633 bits per heavy atom. The molecule has 0 aliphatic heterocycles. The van der Waals surface area contributed by atoms with Crippen LogP contribution in [0, 0.1) is 12.1 Å². The molecule has 5 N–H and O–H groups in total. The van der Waals surface area contributed by atoms with Gasteiger partial charge >= 0.3 is 17.9 Å². The maximum atomic E-state index is 10.8. The molecule has 0 aliphatic carbocycles. The number of hydrogen-bond donors (Lipinski definition) is 5. The van der Waals surface area contributed by atoms with Crippen molar-refractivity contribution in [2.24, 2.45) is 0 Å². The van der Waals surface area contributed by atoms with E-state index in [0.29, 0.717) is 16.7 Å². The molecule has 0 unspecified atom stereocenters. The van der Waals surface area contributed by atoms with E-state index < -0.39 is 29.8 Å². The van der Waals surface area contributed by atoms with Crippen molar-refractivity contribution in [1.82, 2.24) is 0 Å². The first-order valence-corrected chi connectivity index (χ1v) is 13.7. The van der Waals surface area contributed by atoms with Crippen LogP contribution in [-0.4, -0.2) is 61.2 Å². The fourth-order valence-corrected chi connectivity index (χ4v) is 3.04. The van der Waals surface area contributed by atoms with Gasteiger partial charge in [-0.15, -0.1) is 0 Å². The van der Waals surface area contributed by atoms with Crippen LogP contribution in [0.4, 0.5) is 0 Å². The number of ketones is 1. The van der Waals surface area contributed by atoms with E-state index in [-0.39, 0.29) is 44.1 Å². The maximum absolute atomic E-state index is 10.8. The van der Waals surface area contributed by atoms with Gasteiger partial charge in [-0.2, -0.15) is 60.7 Å². The molecule has 0 bridgehead atoms. The summed E-state index contributed by atoms with van der Waals surface area (Å²) in [5.74, 6) is -4.51. The molecule has 0 saturated carbocycles. The van der Waals surface area contributed by atoms with E-state index in [0.717, 1.165) is 13.8 Å². The normalized spacial score (nSPS) is 8.63. The summed E-state index contributed by atoms with van der Waals surface area (Å²) < 4.78 is 0. The van der Waals surface area contributed by atoms with Crippen LogP contribution < -0.4 is 0 Å². The molecule has 5 aromatic rings. The van der Waals surface area contributed by atoms with Gasteiger partial charge in [-0.3, -0.25) is 14.4 Å². The van der Waals surface area contributed by atoms with E-state index in [9.17, 15) is 19.2 Å². The van der Waals surface area contributed by atoms with E-state index in [1.54, 1.807) is 24.3 Å². The number of carbonyl (C=O) groups is 6. The summed E-state index contributed by atoms with van der Waals surface area (Å²) in [7, 11) is 0. The molecule has 0 atom stereocenters. The zero-order valence-corrected chi connectivity index (χ0v) is 29.6. The maximum Gasteiger partial charge on any atom is 0.335 e. The predicted octanol–water partition coefficient (Wildman–Crippen LogP) is 6.98. The van der Waals surface area contributed by atoms with E-state index in [4.69, 9.17) is 35.1 Å². The van der Waals surface area contributed by atoms with Gasteiger partial charge in [0.25, 0.3) is 11.9 Å². The first kappa shape index (κ1) is 45.6. The molecule has 1 radical (unpaired) electrons. The molecule has 0 aromatic heterocycles. The topological polar surface area (TPSA) is 204 Å². The van der Waals surface area contributed by atoms with Crippen molar-refractivity contribution >= 4 is 46.4 Å². The van der Waals surface area contributed by atoms with Crippen LogP contribution in [0.15, 0.2) is 121 Å². The number of aromatic carboxylic acids is 3. The van der Waals surface area contributed by atoms with Crippen LogP contribution in [0.2, 0.25) is 0 Å². The Kier molecular flexibility index (Phi) is 24.7. The fourth-order valence-electron chi connectivity index (χ4n) is 3.04. The summed E-state index contributed by atoms with van der Waals surface area (Å²) in [5.41, 5.74) is 1.32. The number of Topliss-reactive ketones (excluding diaryl/α,β-unsaturated/α-hetero) is 1. The van der Waals surface area contributed by atoms with Crippen LogP contribution in [0.3, 0.4) is 0 Å². The van der Waals surface area contributed by atoms with Gasteiger partial charge in [-0.05, 0) is 41.0 Å². The number of hydrogen-bond acceptors (Lipinski definition) is 6. The molecular formula is C37H34O11Y-2. The smallest absolute Gasteiger partial charge is 0.335 e. The molecule has 0 heterocycles. The monoisotopic (exact) mass is 743 g/mol. The van der Waals surface area contributed by atoms with Gasteiger partial charge in [-0.1, -0.05) is 60.7 Å². The average Bonchev–Trinajstić information content (AvgIpc) is 3.06. The zero-order chi connectivity index (χ0) is 36.5. The Labute approximate surface area is 308 Å². The molecule has 253 valence electrons. The number of carboxylic acid groups (broad SMARTS) is 5. The molecule has 0 amide bonds. The van der Waals surface area contributed by atoms with Gasteiger partial charge in [0.15, 0.2) is 5.78 Å². The Morgan fingerprint density at radius 1 is 0.408 bits per heavy atom. The molecule has 5 rings (SSSR count). The summed E-state index contributed by atoms with van der Waals surface area (Å²) in [5, 5.41) is 42.7. The number of carboxylic acids is 5. The minimum absolute atomic E-state index is 0. The molecule has 0 fully saturated rings. The number of benzene rings is 5. The zero-order valence-electron chi connectivity index (χ0n) is 26.8. The minimum atomic E-state index is -0.981. The van der Waals surface area contributed by atoms with Crippen LogP contribution in [0.25, 0.3) is 10.8 Å². The molecule has 11 nitrogen and oxygen atoms in total. The summed E-state index contributed by atoms with van der Waals surface area (Å²) in [6, 6.07) is 40.3. The van der Waals surface area contributed by atoms with Gasteiger partial charge in [0.1, 0.15) is 0 Å². The number of rotatable bonds is 4. The van der Waals surface area contributed by atoms with Crippen molar-refractivity contribution in [2.75, 3.05) is 0 Å². The van der Waals surface area contributed by atoms with Crippen LogP contribution >= 0.6 is 0 Å². The largest absolute Gasteiger partial charge is 0.481 e. The molecule has 0 spiro atoms. The molecular weight excluding hydrogens is 709 g/mol. The first-order valence-electron chi connectivity index (χ1n) is 13.7. The molecule has 0 aliphatic rings. The first-order chi connectivity index (χ1) is 22.6. The Hall–Kier alpha value is -5.52. The third-order valence-electron chi connectivity index (χ3n) is 5.13. The molecule has 12 heteroatoms. The van der Waals surface area contributed by atoms with Crippen molar-refractivity contribution in [3.63, 3.8) is 0 Å². The van der Waals surface area contributed by atoms with E-state index in [2.05, 4.69) is 60.7 Å². The third kappa shape index (κ3) is 23.5. The van der Waals surface area contributed by atoms with Crippen molar-refractivity contribution in [3.8, 4) is 0 Å². The Bertz CT molecular complexity index is 1570. The van der Waals surface area contributed by atoms with Gasteiger partial charge < -0.3 is 25.5 Å². The van der Waals surface area contributed by atoms with E-state index in [1.165, 1.54) is 66.2 Å². The fraction of sp³-hybridized carbons (Fsp3) is 0.0811.